The zero-order valence-electron chi connectivity index (χ0n) is 20.2. The number of nitrogens with zero attached hydrogens (tertiary/aromatic N) is 3. The molecule has 2 amide bonds. The highest BCUT2D eigenvalue weighted by Crippen LogP contribution is 2.29. The van der Waals surface area contributed by atoms with Crippen LogP contribution in [-0.2, 0) is 12.3 Å². The van der Waals surface area contributed by atoms with Crippen molar-refractivity contribution in [2.75, 3.05) is 5.32 Å². The number of carbonyl (C=O) groups excluding carboxylic acids is 1. The van der Waals surface area contributed by atoms with Crippen LogP contribution in [-0.4, -0.2) is 20.8 Å². The lowest BCUT2D eigenvalue weighted by atomic mass is 10.1. The maximum atomic E-state index is 12.6. The third-order valence-corrected chi connectivity index (χ3v) is 7.12. The number of aryl methyl sites for hydroxylation is 4. The molecule has 0 aliphatic rings. The molecule has 0 aliphatic carbocycles. The van der Waals surface area contributed by atoms with Crippen LogP contribution in [0.15, 0.2) is 65.8 Å². The lowest BCUT2D eigenvalue weighted by molar-refractivity contribution is 0.251. The summed E-state index contributed by atoms with van der Waals surface area (Å²) in [5.74, 6) is 1.38. The Morgan fingerprint density at radius 2 is 1.69 bits per heavy atom. The van der Waals surface area contributed by atoms with Crippen molar-refractivity contribution in [1.29, 1.82) is 0 Å². The van der Waals surface area contributed by atoms with Gasteiger partial charge >= 0.3 is 6.03 Å². The Morgan fingerprint density at radius 1 is 0.914 bits per heavy atom. The molecular weight excluding hydrogens is 478 g/mol. The van der Waals surface area contributed by atoms with Gasteiger partial charge in [-0.05, 0) is 79.8 Å². The Hall–Kier alpha value is -3.29. The fraction of sp³-hybridized carbons (Fsp3) is 0.222. The number of hydrogen-bond acceptors (Lipinski definition) is 4. The van der Waals surface area contributed by atoms with Crippen molar-refractivity contribution >= 4 is 35.1 Å². The molecule has 0 fully saturated rings. The summed E-state index contributed by atoms with van der Waals surface area (Å²) >= 11 is 7.94. The van der Waals surface area contributed by atoms with Crippen LogP contribution in [0.25, 0.3) is 5.69 Å². The molecule has 0 radical (unpaired) electrons. The van der Waals surface area contributed by atoms with Gasteiger partial charge < -0.3 is 10.6 Å². The zero-order valence-corrected chi connectivity index (χ0v) is 21.8. The van der Waals surface area contributed by atoms with Crippen molar-refractivity contribution < 1.29 is 4.79 Å². The summed E-state index contributed by atoms with van der Waals surface area (Å²) in [5, 5.41) is 16.0. The third kappa shape index (κ3) is 6.05. The first-order valence-electron chi connectivity index (χ1n) is 11.3. The molecule has 4 rings (SSSR count). The van der Waals surface area contributed by atoms with Gasteiger partial charge in [-0.15, -0.1) is 10.2 Å². The predicted molar refractivity (Wildman–Crippen MR) is 144 cm³/mol. The summed E-state index contributed by atoms with van der Waals surface area (Å²) < 4.78 is 1.97. The number of nitrogens with one attached hydrogen (secondary N) is 2. The standard InChI is InChI=1S/C27H28ClN5OS/c1-17-10-12-23(13-20(17)4)30-26(34)29-15-25-31-32-27(35-16-21-8-6-5-7-18(21)2)33(25)24-14-22(28)11-9-19(24)3/h5-14H,15-16H2,1-4H3,(H2,29,30,34). The molecule has 2 N–H and O–H groups in total. The van der Waals surface area contributed by atoms with Crippen molar-refractivity contribution in [2.24, 2.45) is 0 Å². The minimum Gasteiger partial charge on any atom is -0.331 e. The second-order valence-corrected chi connectivity index (χ2v) is 9.87. The van der Waals surface area contributed by atoms with Crippen LogP contribution in [0.2, 0.25) is 5.02 Å². The molecule has 0 spiro atoms. The van der Waals surface area contributed by atoms with E-state index in [0.717, 1.165) is 33.4 Å². The van der Waals surface area contributed by atoms with Gasteiger partial charge in [0.2, 0.25) is 0 Å². The topological polar surface area (TPSA) is 71.8 Å². The number of amides is 2. The Kier molecular flexibility index (Phi) is 7.78. The first kappa shape index (κ1) is 24.8. The Morgan fingerprint density at radius 3 is 2.46 bits per heavy atom. The van der Waals surface area contributed by atoms with Gasteiger partial charge in [-0.2, -0.15) is 0 Å². The molecule has 0 aliphatic heterocycles. The number of anilines is 1. The predicted octanol–water partition coefficient (Wildman–Crippen LogP) is 6.77. The number of carbonyl (C=O) groups is 1. The summed E-state index contributed by atoms with van der Waals surface area (Å²) in [6.45, 7) is 8.39. The van der Waals surface area contributed by atoms with Crippen LogP contribution in [0, 0.1) is 27.7 Å². The highest BCUT2D eigenvalue weighted by molar-refractivity contribution is 7.98. The quantitative estimate of drug-likeness (QED) is 0.272. The smallest absolute Gasteiger partial charge is 0.319 e. The number of urea groups is 1. The molecule has 6 nitrogen and oxygen atoms in total. The van der Waals surface area contributed by atoms with Crippen LogP contribution in [0.5, 0.6) is 0 Å². The molecule has 4 aromatic rings. The largest absolute Gasteiger partial charge is 0.331 e. The van der Waals surface area contributed by atoms with E-state index < -0.39 is 0 Å². The van der Waals surface area contributed by atoms with E-state index in [1.54, 1.807) is 11.8 Å². The average molecular weight is 506 g/mol. The molecule has 3 aromatic carbocycles. The van der Waals surface area contributed by atoms with E-state index >= 15 is 0 Å². The number of benzene rings is 3. The molecule has 0 bridgehead atoms. The zero-order chi connectivity index (χ0) is 24.9. The number of hydrogen-bond donors (Lipinski definition) is 2. The third-order valence-electron chi connectivity index (χ3n) is 5.90. The van der Waals surface area contributed by atoms with E-state index in [2.05, 4.69) is 39.9 Å². The Balaban J connectivity index is 1.56. The first-order valence-corrected chi connectivity index (χ1v) is 12.7. The highest BCUT2D eigenvalue weighted by atomic mass is 35.5. The van der Waals surface area contributed by atoms with Gasteiger partial charge in [-0.25, -0.2) is 4.79 Å². The van der Waals surface area contributed by atoms with Gasteiger partial charge in [0.15, 0.2) is 11.0 Å². The van der Waals surface area contributed by atoms with Gasteiger partial charge in [0.25, 0.3) is 0 Å². The maximum Gasteiger partial charge on any atom is 0.319 e. The summed E-state index contributed by atoms with van der Waals surface area (Å²) in [7, 11) is 0. The summed E-state index contributed by atoms with van der Waals surface area (Å²) in [5.41, 5.74) is 7.43. The van der Waals surface area contributed by atoms with Crippen LogP contribution >= 0.6 is 23.4 Å². The van der Waals surface area contributed by atoms with Gasteiger partial charge in [-0.1, -0.05) is 59.8 Å². The van der Waals surface area contributed by atoms with E-state index in [1.807, 2.05) is 73.9 Å². The molecule has 0 saturated carbocycles. The summed E-state index contributed by atoms with van der Waals surface area (Å²) in [6, 6.07) is 19.5. The van der Waals surface area contributed by atoms with Crippen LogP contribution in [0.1, 0.15) is 33.6 Å². The number of rotatable bonds is 7. The lowest BCUT2D eigenvalue weighted by Crippen LogP contribution is -2.29. The number of thioether (sulfide) groups is 1. The molecule has 180 valence electrons. The molecule has 0 saturated heterocycles. The van der Waals surface area contributed by atoms with Crippen molar-refractivity contribution in [3.63, 3.8) is 0 Å². The number of aromatic nitrogens is 3. The van der Waals surface area contributed by atoms with Crippen LogP contribution in [0.3, 0.4) is 0 Å². The second kappa shape index (κ2) is 11.0. The molecule has 8 heteroatoms. The van der Waals surface area contributed by atoms with Crippen molar-refractivity contribution in [3.05, 3.63) is 99.3 Å². The van der Waals surface area contributed by atoms with Gasteiger partial charge in [-0.3, -0.25) is 4.57 Å². The molecule has 35 heavy (non-hydrogen) atoms. The van der Waals surface area contributed by atoms with Gasteiger partial charge in [0.05, 0.1) is 12.2 Å². The molecular formula is C27H28ClN5OS. The SMILES string of the molecule is Cc1ccc(NC(=O)NCc2nnc(SCc3ccccc3C)n2-c2cc(Cl)ccc2C)cc1C. The molecule has 0 unspecified atom stereocenters. The normalized spacial score (nSPS) is 10.9. The summed E-state index contributed by atoms with van der Waals surface area (Å²) in [4.78, 5) is 12.6. The summed E-state index contributed by atoms with van der Waals surface area (Å²) in [6.07, 6.45) is 0. The van der Waals surface area contributed by atoms with Crippen molar-refractivity contribution in [1.82, 2.24) is 20.1 Å². The fourth-order valence-electron chi connectivity index (χ4n) is 3.64. The molecule has 1 aromatic heterocycles. The minimum atomic E-state index is -0.306. The second-order valence-electron chi connectivity index (χ2n) is 8.49. The van der Waals surface area contributed by atoms with E-state index in [9.17, 15) is 4.79 Å². The lowest BCUT2D eigenvalue weighted by Gasteiger charge is -2.14. The van der Waals surface area contributed by atoms with Gasteiger partial charge in [0, 0.05) is 16.5 Å². The van der Waals surface area contributed by atoms with Crippen molar-refractivity contribution in [3.8, 4) is 5.69 Å². The minimum absolute atomic E-state index is 0.209. The van der Waals surface area contributed by atoms with Crippen LogP contribution < -0.4 is 10.6 Å². The Bertz CT molecular complexity index is 1370. The van der Waals surface area contributed by atoms with E-state index in [1.165, 1.54) is 16.7 Å². The maximum absolute atomic E-state index is 12.6. The number of halogens is 1. The average Bonchev–Trinajstić information content (AvgIpc) is 3.23. The molecule has 1 heterocycles. The van der Waals surface area contributed by atoms with Crippen LogP contribution in [0.4, 0.5) is 10.5 Å². The van der Waals surface area contributed by atoms with Gasteiger partial charge in [0.1, 0.15) is 0 Å². The Labute approximate surface area is 215 Å². The van der Waals surface area contributed by atoms with Crippen molar-refractivity contribution in [2.45, 2.75) is 45.1 Å². The fourth-order valence-corrected chi connectivity index (χ4v) is 4.85. The van der Waals surface area contributed by atoms with E-state index in [-0.39, 0.29) is 12.6 Å². The van der Waals surface area contributed by atoms with E-state index in [4.69, 9.17) is 11.6 Å². The molecule has 0 atom stereocenters. The van der Waals surface area contributed by atoms with E-state index in [0.29, 0.717) is 10.8 Å². The first-order chi connectivity index (χ1) is 16.8. The monoisotopic (exact) mass is 505 g/mol. The highest BCUT2D eigenvalue weighted by Gasteiger charge is 2.18.